The van der Waals surface area contributed by atoms with Gasteiger partial charge in [-0.1, -0.05) is 0 Å². The molecule has 3 aromatic heterocycles. The predicted octanol–water partition coefficient (Wildman–Crippen LogP) is 2.84. The van der Waals surface area contributed by atoms with Crippen LogP contribution >= 0.6 is 34.0 Å². The molecule has 9 nitrogen and oxygen atoms in total. The van der Waals surface area contributed by atoms with Crippen molar-refractivity contribution in [1.29, 1.82) is 0 Å². The molecule has 3 atom stereocenters. The number of carbonyl (C=O) groups is 3. The maximum Gasteiger partial charge on any atom is 0.271 e. The molecule has 0 fully saturated rings. The van der Waals surface area contributed by atoms with Gasteiger partial charge in [-0.25, -0.2) is 15.0 Å². The molecule has 0 aliphatic carbocycles. The van der Waals surface area contributed by atoms with E-state index in [1.54, 1.807) is 36.9 Å². The SMILES string of the molecule is C[C@@H]1NC(=O)c2csc(n2)[C@@H](C)NC(=O)c2csc(n2)[C@@H](C)NC(=O)c2csc1n2. The van der Waals surface area contributed by atoms with E-state index in [1.807, 2.05) is 0 Å². The number of nitrogens with one attached hydrogen (secondary N) is 3. The van der Waals surface area contributed by atoms with Crippen LogP contribution in [0.15, 0.2) is 16.1 Å². The Balaban J connectivity index is 1.68. The van der Waals surface area contributed by atoms with Gasteiger partial charge in [0.15, 0.2) is 0 Å². The Hall–Kier alpha value is -2.70. The molecule has 3 aromatic rings. The second-order valence-electron chi connectivity index (χ2n) is 6.80. The first-order valence-corrected chi connectivity index (χ1v) is 11.7. The Kier molecular flexibility index (Phi) is 5.62. The fraction of sp³-hybridized carbons (Fsp3) is 0.333. The number of aromatic nitrogens is 3. The number of hydrogen-bond acceptors (Lipinski definition) is 9. The van der Waals surface area contributed by atoms with Gasteiger partial charge >= 0.3 is 0 Å². The van der Waals surface area contributed by atoms with Crippen molar-refractivity contribution in [2.45, 2.75) is 38.9 Å². The topological polar surface area (TPSA) is 126 Å². The standard InChI is InChI=1S/C18H18N6O3S3/c1-7-16-22-11(4-28-16)14(26)20-9(3)18-24-12(6-30-18)15(27)21-8(2)17-23-10(5-29-17)13(25)19-7/h4-9H,1-3H3,(H,19,25)(H,20,26)(H,21,27)/t7-,8-,9+/m1/s1. The molecule has 1 aliphatic heterocycles. The monoisotopic (exact) mass is 462 g/mol. The zero-order chi connectivity index (χ0) is 21.4. The van der Waals surface area contributed by atoms with E-state index in [4.69, 9.17) is 0 Å². The van der Waals surface area contributed by atoms with E-state index in [0.29, 0.717) is 15.0 Å². The van der Waals surface area contributed by atoms with E-state index in [9.17, 15) is 14.4 Å². The minimum Gasteiger partial charge on any atom is -0.342 e. The van der Waals surface area contributed by atoms with Gasteiger partial charge in [-0.05, 0) is 20.8 Å². The van der Waals surface area contributed by atoms with Gasteiger partial charge in [-0.2, -0.15) is 0 Å². The average Bonchev–Trinajstić information content (AvgIpc) is 3.47. The van der Waals surface area contributed by atoms with Gasteiger partial charge in [0, 0.05) is 16.1 Å². The van der Waals surface area contributed by atoms with Gasteiger partial charge in [-0.3, -0.25) is 14.4 Å². The van der Waals surface area contributed by atoms with Gasteiger partial charge in [0.05, 0.1) is 18.1 Å². The molecule has 0 aromatic carbocycles. The van der Waals surface area contributed by atoms with Crippen LogP contribution in [0.3, 0.4) is 0 Å². The number of nitrogens with zero attached hydrogens (tertiary/aromatic N) is 3. The lowest BCUT2D eigenvalue weighted by Gasteiger charge is -2.12. The average molecular weight is 463 g/mol. The maximum atomic E-state index is 12.6. The number of thiazole rings is 3. The highest BCUT2D eigenvalue weighted by atomic mass is 32.1. The minimum atomic E-state index is -0.385. The zero-order valence-electron chi connectivity index (χ0n) is 16.3. The summed E-state index contributed by atoms with van der Waals surface area (Å²) in [6, 6.07) is -1.16. The maximum absolute atomic E-state index is 12.6. The van der Waals surface area contributed by atoms with Crippen molar-refractivity contribution in [2.24, 2.45) is 0 Å². The summed E-state index contributed by atoms with van der Waals surface area (Å²) in [7, 11) is 0. The molecule has 0 radical (unpaired) electrons. The first kappa shape index (κ1) is 20.6. The Morgan fingerprint density at radius 2 is 0.867 bits per heavy atom. The Morgan fingerprint density at radius 1 is 0.600 bits per heavy atom. The quantitative estimate of drug-likeness (QED) is 0.472. The summed E-state index contributed by atoms with van der Waals surface area (Å²) in [5.74, 6) is -1.03. The third kappa shape index (κ3) is 4.11. The van der Waals surface area contributed by atoms with E-state index in [-0.39, 0.29) is 52.9 Å². The third-order valence-corrected chi connectivity index (χ3v) is 7.50. The van der Waals surface area contributed by atoms with Crippen LogP contribution in [0, 0.1) is 0 Å². The van der Waals surface area contributed by atoms with Gasteiger partial charge in [0.1, 0.15) is 32.1 Å². The molecule has 12 heteroatoms. The normalized spacial score (nSPS) is 22.5. The molecule has 4 rings (SSSR count). The molecule has 0 saturated heterocycles. The van der Waals surface area contributed by atoms with Crippen molar-refractivity contribution < 1.29 is 14.4 Å². The number of amides is 3. The highest BCUT2D eigenvalue weighted by molar-refractivity contribution is 7.10. The molecule has 0 unspecified atom stereocenters. The zero-order valence-corrected chi connectivity index (χ0v) is 18.7. The molecule has 1 aliphatic rings. The van der Waals surface area contributed by atoms with Gasteiger partial charge in [0.2, 0.25) is 0 Å². The molecule has 3 N–H and O–H groups in total. The van der Waals surface area contributed by atoms with Crippen LogP contribution in [0.1, 0.15) is 85.4 Å². The smallest absolute Gasteiger partial charge is 0.271 e. The molecule has 4 heterocycles. The fourth-order valence-electron chi connectivity index (χ4n) is 2.77. The molecule has 3 amide bonds. The summed E-state index contributed by atoms with van der Waals surface area (Å²) in [6.45, 7) is 5.39. The summed E-state index contributed by atoms with van der Waals surface area (Å²) in [5.41, 5.74) is 0.801. The Labute approximate surface area is 184 Å². The van der Waals surface area contributed by atoms with Crippen molar-refractivity contribution in [3.63, 3.8) is 0 Å². The third-order valence-electron chi connectivity index (χ3n) is 4.42. The van der Waals surface area contributed by atoms with Crippen LogP contribution in [-0.2, 0) is 0 Å². The van der Waals surface area contributed by atoms with Crippen LogP contribution in [0.2, 0.25) is 0 Å². The summed E-state index contributed by atoms with van der Waals surface area (Å²) in [5, 5.41) is 15.4. The number of hydrogen-bond donors (Lipinski definition) is 3. The predicted molar refractivity (Wildman–Crippen MR) is 114 cm³/mol. The van der Waals surface area contributed by atoms with E-state index >= 15 is 0 Å². The molecular weight excluding hydrogens is 444 g/mol. The van der Waals surface area contributed by atoms with Gasteiger partial charge in [0.25, 0.3) is 17.7 Å². The summed E-state index contributed by atoms with van der Waals surface area (Å²) >= 11 is 3.90. The molecular formula is C18H18N6O3S3. The molecule has 156 valence electrons. The van der Waals surface area contributed by atoms with Crippen LogP contribution in [0.25, 0.3) is 0 Å². The largest absolute Gasteiger partial charge is 0.342 e. The molecule has 6 bridgehead atoms. The van der Waals surface area contributed by atoms with Crippen LogP contribution < -0.4 is 16.0 Å². The molecule has 30 heavy (non-hydrogen) atoms. The second kappa shape index (κ2) is 8.20. The van der Waals surface area contributed by atoms with E-state index in [1.165, 1.54) is 34.0 Å². The van der Waals surface area contributed by atoms with Crippen molar-refractivity contribution >= 4 is 51.7 Å². The minimum absolute atomic E-state index is 0.267. The first-order chi connectivity index (χ1) is 14.3. The lowest BCUT2D eigenvalue weighted by molar-refractivity contribution is 0.0931. The first-order valence-electron chi connectivity index (χ1n) is 9.10. The van der Waals surface area contributed by atoms with E-state index in [0.717, 1.165) is 0 Å². The lowest BCUT2D eigenvalue weighted by Crippen LogP contribution is -2.29. The number of fused-ring (bicyclic) bond motifs is 6. The second-order valence-corrected chi connectivity index (χ2v) is 9.47. The Morgan fingerprint density at radius 3 is 1.13 bits per heavy atom. The Bertz CT molecular complexity index is 982. The van der Waals surface area contributed by atoms with Crippen LogP contribution in [0.5, 0.6) is 0 Å². The van der Waals surface area contributed by atoms with Gasteiger partial charge < -0.3 is 16.0 Å². The van der Waals surface area contributed by atoms with Crippen LogP contribution in [-0.4, -0.2) is 32.7 Å². The van der Waals surface area contributed by atoms with E-state index < -0.39 is 0 Å². The molecule has 0 saturated carbocycles. The summed E-state index contributed by atoms with van der Waals surface area (Å²) in [4.78, 5) is 50.7. The van der Waals surface area contributed by atoms with Crippen LogP contribution in [0.4, 0.5) is 0 Å². The highest BCUT2D eigenvalue weighted by Gasteiger charge is 2.23. The van der Waals surface area contributed by atoms with Crippen molar-refractivity contribution in [1.82, 2.24) is 30.9 Å². The number of rotatable bonds is 0. The van der Waals surface area contributed by atoms with Crippen molar-refractivity contribution in [2.75, 3.05) is 0 Å². The van der Waals surface area contributed by atoms with Crippen molar-refractivity contribution in [3.8, 4) is 0 Å². The summed E-state index contributed by atoms with van der Waals surface area (Å²) in [6.07, 6.45) is 0. The lowest BCUT2D eigenvalue weighted by atomic mass is 10.3. The molecule has 0 spiro atoms. The van der Waals surface area contributed by atoms with Gasteiger partial charge in [-0.15, -0.1) is 34.0 Å². The highest BCUT2D eigenvalue weighted by Crippen LogP contribution is 2.23. The van der Waals surface area contributed by atoms with Crippen molar-refractivity contribution in [3.05, 3.63) is 48.2 Å². The van der Waals surface area contributed by atoms with E-state index in [2.05, 4.69) is 30.9 Å². The number of carbonyl (C=O) groups excluding carboxylic acids is 3. The fourth-order valence-corrected chi connectivity index (χ4v) is 5.19. The summed E-state index contributed by atoms with van der Waals surface area (Å²) < 4.78 is 0.